The predicted octanol–water partition coefficient (Wildman–Crippen LogP) is 6.36. The van der Waals surface area contributed by atoms with Crippen LogP contribution in [-0.4, -0.2) is 18.8 Å². The van der Waals surface area contributed by atoms with Crippen LogP contribution in [0.25, 0.3) is 0 Å². The topological polar surface area (TPSA) is 29.5 Å². The van der Waals surface area contributed by atoms with Crippen LogP contribution in [0.4, 0.5) is 11.4 Å². The van der Waals surface area contributed by atoms with Crippen molar-refractivity contribution in [3.8, 4) is 5.75 Å². The van der Waals surface area contributed by atoms with Crippen LogP contribution in [0.1, 0.15) is 45.1 Å². The summed E-state index contributed by atoms with van der Waals surface area (Å²) in [4.78, 5) is 17.0. The molecule has 0 fully saturated rings. The Labute approximate surface area is 167 Å². The molecule has 0 saturated heterocycles. The Kier molecular flexibility index (Phi) is 6.15. The maximum Gasteiger partial charge on any atom is 0.238 e. The van der Waals surface area contributed by atoms with Crippen molar-refractivity contribution >= 4 is 29.0 Å². The van der Waals surface area contributed by atoms with Crippen molar-refractivity contribution in [2.24, 2.45) is 5.41 Å². The molecule has 1 aliphatic rings. The van der Waals surface area contributed by atoms with E-state index in [1.54, 1.807) is 18.9 Å². The zero-order valence-corrected chi connectivity index (χ0v) is 17.6. The van der Waals surface area contributed by atoms with Crippen LogP contribution in [0.5, 0.6) is 5.75 Å². The molecule has 1 heterocycles. The summed E-state index contributed by atoms with van der Waals surface area (Å²) in [7, 11) is 1.70. The number of nitrogens with zero attached hydrogens (tertiary/aromatic N) is 1. The van der Waals surface area contributed by atoms with E-state index in [-0.39, 0.29) is 11.3 Å². The number of carbonyl (C=O) groups excluding carboxylic acids is 1. The van der Waals surface area contributed by atoms with Gasteiger partial charge in [0.25, 0.3) is 0 Å². The van der Waals surface area contributed by atoms with Crippen molar-refractivity contribution in [3.05, 3.63) is 48.0 Å². The smallest absolute Gasteiger partial charge is 0.238 e. The van der Waals surface area contributed by atoms with Crippen molar-refractivity contribution in [1.82, 2.24) is 0 Å². The highest BCUT2D eigenvalue weighted by atomic mass is 32.2. The number of para-hydroxylation sites is 1. The van der Waals surface area contributed by atoms with Crippen molar-refractivity contribution in [2.45, 2.75) is 51.3 Å². The fraction of sp³-hybridized carbons (Fsp3) is 0.435. The zero-order valence-electron chi connectivity index (χ0n) is 16.7. The molecule has 2 aromatic carbocycles. The number of rotatable bonds is 6. The SMILES string of the molecule is CCCCC1(CC)CSc2cc(OC)c(C)cc2N(c2ccccc2)C1=O. The number of thioether (sulfide) groups is 1. The molecule has 0 aliphatic carbocycles. The minimum Gasteiger partial charge on any atom is -0.496 e. The van der Waals surface area contributed by atoms with Crippen molar-refractivity contribution in [3.63, 3.8) is 0 Å². The second-order valence-corrected chi connectivity index (χ2v) is 8.31. The first-order valence-corrected chi connectivity index (χ1v) is 10.8. The van der Waals surface area contributed by atoms with E-state index in [1.807, 2.05) is 42.2 Å². The molecule has 1 unspecified atom stereocenters. The van der Waals surface area contributed by atoms with E-state index in [0.29, 0.717) is 0 Å². The summed E-state index contributed by atoms with van der Waals surface area (Å²) in [5, 5.41) is 0. The number of benzene rings is 2. The van der Waals surface area contributed by atoms with E-state index in [2.05, 4.69) is 26.0 Å². The number of aryl methyl sites for hydroxylation is 1. The molecule has 27 heavy (non-hydrogen) atoms. The Morgan fingerprint density at radius 1 is 1.19 bits per heavy atom. The minimum absolute atomic E-state index is 0.223. The van der Waals surface area contributed by atoms with Crippen LogP contribution >= 0.6 is 11.8 Å². The summed E-state index contributed by atoms with van der Waals surface area (Å²) in [6, 6.07) is 14.2. The highest BCUT2D eigenvalue weighted by Crippen LogP contribution is 2.48. The average molecular weight is 384 g/mol. The molecule has 0 spiro atoms. The van der Waals surface area contributed by atoms with Gasteiger partial charge in [0.15, 0.2) is 0 Å². The molecule has 0 N–H and O–H groups in total. The molecular formula is C23H29NO2S. The van der Waals surface area contributed by atoms with Crippen molar-refractivity contribution < 1.29 is 9.53 Å². The van der Waals surface area contributed by atoms with Crippen LogP contribution in [-0.2, 0) is 4.79 Å². The lowest BCUT2D eigenvalue weighted by Crippen LogP contribution is -2.42. The molecule has 2 aromatic rings. The number of unbranched alkanes of at least 4 members (excludes halogenated alkanes) is 1. The lowest BCUT2D eigenvalue weighted by molar-refractivity contribution is -0.126. The van der Waals surface area contributed by atoms with Gasteiger partial charge in [-0.15, -0.1) is 11.8 Å². The molecule has 144 valence electrons. The Bertz CT molecular complexity index is 806. The number of carbonyl (C=O) groups is 1. The van der Waals surface area contributed by atoms with Gasteiger partial charge >= 0.3 is 0 Å². The quantitative estimate of drug-likeness (QED) is 0.581. The van der Waals surface area contributed by atoms with Crippen LogP contribution in [0.3, 0.4) is 0 Å². The third-order valence-electron chi connectivity index (χ3n) is 5.58. The van der Waals surface area contributed by atoms with Gasteiger partial charge in [-0.25, -0.2) is 0 Å². The number of methoxy groups -OCH3 is 1. The highest BCUT2D eigenvalue weighted by molar-refractivity contribution is 7.99. The molecule has 0 saturated carbocycles. The number of ether oxygens (including phenoxy) is 1. The molecule has 1 aliphatic heterocycles. The molecule has 0 radical (unpaired) electrons. The number of amides is 1. The van der Waals surface area contributed by atoms with Gasteiger partial charge in [-0.1, -0.05) is 44.9 Å². The Morgan fingerprint density at radius 2 is 1.93 bits per heavy atom. The molecular weight excluding hydrogens is 354 g/mol. The van der Waals surface area contributed by atoms with Gasteiger partial charge in [0.05, 0.1) is 18.2 Å². The largest absolute Gasteiger partial charge is 0.496 e. The average Bonchev–Trinajstić information content (AvgIpc) is 2.81. The maximum atomic E-state index is 13.9. The van der Waals surface area contributed by atoms with E-state index in [9.17, 15) is 4.79 Å². The van der Waals surface area contributed by atoms with E-state index < -0.39 is 0 Å². The third-order valence-corrected chi connectivity index (χ3v) is 6.91. The van der Waals surface area contributed by atoms with Crippen LogP contribution < -0.4 is 9.64 Å². The first kappa shape index (κ1) is 19.8. The normalized spacial score (nSPS) is 19.6. The number of fused-ring (bicyclic) bond motifs is 1. The van der Waals surface area contributed by atoms with Crippen LogP contribution in [0, 0.1) is 12.3 Å². The summed E-state index contributed by atoms with van der Waals surface area (Å²) in [6.45, 7) is 6.38. The van der Waals surface area contributed by atoms with E-state index in [0.717, 1.165) is 59.0 Å². The van der Waals surface area contributed by atoms with Gasteiger partial charge in [0, 0.05) is 16.3 Å². The fourth-order valence-corrected chi connectivity index (χ4v) is 5.14. The van der Waals surface area contributed by atoms with Crippen LogP contribution in [0.15, 0.2) is 47.4 Å². The summed E-state index contributed by atoms with van der Waals surface area (Å²) < 4.78 is 5.55. The predicted molar refractivity (Wildman–Crippen MR) is 114 cm³/mol. The lowest BCUT2D eigenvalue weighted by Gasteiger charge is -2.34. The lowest BCUT2D eigenvalue weighted by atomic mass is 9.80. The first-order chi connectivity index (χ1) is 13.1. The molecule has 3 nitrogen and oxygen atoms in total. The van der Waals surface area contributed by atoms with Gasteiger partial charge in [0.2, 0.25) is 5.91 Å². The van der Waals surface area contributed by atoms with Gasteiger partial charge < -0.3 is 4.74 Å². The summed E-state index contributed by atoms with van der Waals surface area (Å²) in [5.41, 5.74) is 2.62. The van der Waals surface area contributed by atoms with Gasteiger partial charge in [-0.05, 0) is 49.6 Å². The minimum atomic E-state index is -0.337. The monoisotopic (exact) mass is 383 g/mol. The molecule has 0 bridgehead atoms. The second-order valence-electron chi connectivity index (χ2n) is 7.29. The Balaban J connectivity index is 2.18. The second kappa shape index (κ2) is 8.39. The van der Waals surface area contributed by atoms with Gasteiger partial charge in [-0.2, -0.15) is 0 Å². The molecule has 0 aromatic heterocycles. The van der Waals surface area contributed by atoms with Crippen molar-refractivity contribution in [1.29, 1.82) is 0 Å². The standard InChI is InChI=1S/C23H29NO2S/c1-5-7-13-23(6-2)16-27-21-15-20(26-4)17(3)14-19(21)24(22(23)25)18-11-9-8-10-12-18/h8-12,14-15H,5-7,13,16H2,1-4H3. The zero-order chi connectivity index (χ0) is 19.4. The molecule has 1 amide bonds. The number of hydrogen-bond acceptors (Lipinski definition) is 3. The maximum absolute atomic E-state index is 13.9. The van der Waals surface area contributed by atoms with Crippen molar-refractivity contribution in [2.75, 3.05) is 17.8 Å². The van der Waals surface area contributed by atoms with Gasteiger partial charge in [-0.3, -0.25) is 9.69 Å². The summed E-state index contributed by atoms with van der Waals surface area (Å²) in [6.07, 6.45) is 3.96. The van der Waals surface area contributed by atoms with Gasteiger partial charge in [0.1, 0.15) is 5.75 Å². The van der Waals surface area contributed by atoms with E-state index >= 15 is 0 Å². The van der Waals surface area contributed by atoms with E-state index in [1.165, 1.54) is 0 Å². The number of hydrogen-bond donors (Lipinski definition) is 0. The van der Waals surface area contributed by atoms with Crippen LogP contribution in [0.2, 0.25) is 0 Å². The molecule has 3 rings (SSSR count). The summed E-state index contributed by atoms with van der Waals surface area (Å²) in [5.74, 6) is 1.91. The first-order valence-electron chi connectivity index (χ1n) is 9.77. The third kappa shape index (κ3) is 3.73. The highest BCUT2D eigenvalue weighted by Gasteiger charge is 2.43. The van der Waals surface area contributed by atoms with E-state index in [4.69, 9.17) is 4.74 Å². The summed E-state index contributed by atoms with van der Waals surface area (Å²) >= 11 is 1.79. The fourth-order valence-electron chi connectivity index (χ4n) is 3.75. The Morgan fingerprint density at radius 3 is 2.56 bits per heavy atom. The molecule has 1 atom stereocenters. The Hall–Kier alpha value is -1.94. The molecule has 4 heteroatoms. The number of anilines is 2.